The van der Waals surface area contributed by atoms with Gasteiger partial charge in [-0.1, -0.05) is 29.3 Å². The number of benzene rings is 2. The molecule has 0 bridgehead atoms. The first-order valence-corrected chi connectivity index (χ1v) is 13.0. The molecule has 1 heterocycles. The third-order valence-electron chi connectivity index (χ3n) is 6.47. The minimum absolute atomic E-state index is 0.137. The van der Waals surface area contributed by atoms with Crippen LogP contribution in [0, 0.1) is 5.92 Å². The summed E-state index contributed by atoms with van der Waals surface area (Å²) in [6, 6.07) is 10.6. The minimum Gasteiger partial charge on any atom is -0.493 e. The first-order chi connectivity index (χ1) is 17.3. The van der Waals surface area contributed by atoms with Crippen LogP contribution in [0.25, 0.3) is 0 Å². The number of amides is 2. The molecular formula is C27H35Cl2N3O4. The number of carbonyl (C=O) groups is 2. The molecule has 2 amide bonds. The zero-order valence-electron chi connectivity index (χ0n) is 21.2. The van der Waals surface area contributed by atoms with Crippen molar-refractivity contribution >= 4 is 35.0 Å². The van der Waals surface area contributed by atoms with Crippen LogP contribution >= 0.6 is 23.2 Å². The summed E-state index contributed by atoms with van der Waals surface area (Å²) in [7, 11) is 5.14. The smallest absolute Gasteiger partial charge is 0.251 e. The van der Waals surface area contributed by atoms with Crippen molar-refractivity contribution in [3.05, 3.63) is 57.6 Å². The highest BCUT2D eigenvalue weighted by molar-refractivity contribution is 6.35. The molecular weight excluding hydrogens is 501 g/mol. The van der Waals surface area contributed by atoms with Crippen molar-refractivity contribution in [2.45, 2.75) is 25.7 Å². The highest BCUT2D eigenvalue weighted by Crippen LogP contribution is 2.29. The average Bonchev–Trinajstić information content (AvgIpc) is 2.87. The van der Waals surface area contributed by atoms with Gasteiger partial charge in [0.05, 0.1) is 13.7 Å². The van der Waals surface area contributed by atoms with Crippen LogP contribution in [0.3, 0.4) is 0 Å². The van der Waals surface area contributed by atoms with Crippen LogP contribution in [-0.2, 0) is 11.2 Å². The Kier molecular flexibility index (Phi) is 10.7. The maximum atomic E-state index is 12.8. The van der Waals surface area contributed by atoms with Gasteiger partial charge in [0.15, 0.2) is 11.5 Å². The van der Waals surface area contributed by atoms with Gasteiger partial charge in [-0.2, -0.15) is 0 Å². The van der Waals surface area contributed by atoms with Gasteiger partial charge in [0, 0.05) is 55.6 Å². The second kappa shape index (κ2) is 13.7. The molecule has 0 atom stereocenters. The molecule has 0 spiro atoms. The van der Waals surface area contributed by atoms with Gasteiger partial charge < -0.3 is 24.6 Å². The first kappa shape index (κ1) is 28.1. The SMILES string of the molecule is COc1ccc(C(=O)NCC2CCN(CCC(=O)N(C)C)CC2)cc1OCCc1ccc(Cl)cc1Cl. The monoisotopic (exact) mass is 535 g/mol. The van der Waals surface area contributed by atoms with Crippen molar-refractivity contribution < 1.29 is 19.1 Å². The molecule has 2 aromatic rings. The van der Waals surface area contributed by atoms with E-state index in [0.29, 0.717) is 59.0 Å². The summed E-state index contributed by atoms with van der Waals surface area (Å²) in [4.78, 5) is 28.6. The molecule has 0 aliphatic carbocycles. The Bertz CT molecular complexity index is 1040. The van der Waals surface area contributed by atoms with Crippen molar-refractivity contribution in [3.63, 3.8) is 0 Å². The molecule has 0 radical (unpaired) electrons. The van der Waals surface area contributed by atoms with E-state index in [2.05, 4.69) is 10.2 Å². The lowest BCUT2D eigenvalue weighted by Gasteiger charge is -2.32. The number of carbonyl (C=O) groups excluding carboxylic acids is 2. The second-order valence-electron chi connectivity index (χ2n) is 9.23. The third-order valence-corrected chi connectivity index (χ3v) is 7.06. The molecule has 3 rings (SSSR count). The van der Waals surface area contributed by atoms with E-state index in [0.717, 1.165) is 38.0 Å². The topological polar surface area (TPSA) is 71.1 Å². The molecule has 1 N–H and O–H groups in total. The van der Waals surface area contributed by atoms with Crippen molar-refractivity contribution in [2.24, 2.45) is 5.92 Å². The van der Waals surface area contributed by atoms with Gasteiger partial charge in [-0.25, -0.2) is 0 Å². The molecule has 9 heteroatoms. The highest BCUT2D eigenvalue weighted by Gasteiger charge is 2.21. The number of piperidine rings is 1. The Balaban J connectivity index is 1.47. The molecule has 7 nitrogen and oxygen atoms in total. The average molecular weight is 537 g/mol. The van der Waals surface area contributed by atoms with E-state index in [4.69, 9.17) is 32.7 Å². The lowest BCUT2D eigenvalue weighted by molar-refractivity contribution is -0.129. The Morgan fingerprint density at radius 3 is 2.50 bits per heavy atom. The van der Waals surface area contributed by atoms with Crippen molar-refractivity contribution in [3.8, 4) is 11.5 Å². The number of hydrogen-bond acceptors (Lipinski definition) is 5. The number of hydrogen-bond donors (Lipinski definition) is 1. The lowest BCUT2D eigenvalue weighted by Crippen LogP contribution is -2.40. The van der Waals surface area contributed by atoms with Crippen LogP contribution in [0.1, 0.15) is 35.2 Å². The van der Waals surface area contributed by atoms with Gasteiger partial charge in [-0.05, 0) is 67.7 Å². The zero-order chi connectivity index (χ0) is 26.1. The fourth-order valence-corrected chi connectivity index (χ4v) is 4.66. The standard InChI is InChI=1S/C27H35Cl2N3O4/c1-31(2)26(33)10-14-32-12-8-19(9-13-32)18-30-27(34)21-5-7-24(35-3)25(16-21)36-15-11-20-4-6-22(28)17-23(20)29/h4-7,16-17,19H,8-15,18H2,1-3H3,(H,30,34). The molecule has 0 aromatic heterocycles. The van der Waals surface area contributed by atoms with Crippen molar-refractivity contribution in [1.29, 1.82) is 0 Å². The summed E-state index contributed by atoms with van der Waals surface area (Å²) in [5, 5.41) is 4.25. The van der Waals surface area contributed by atoms with Gasteiger partial charge in [0.1, 0.15) is 0 Å². The molecule has 1 fully saturated rings. The lowest BCUT2D eigenvalue weighted by atomic mass is 9.96. The Morgan fingerprint density at radius 1 is 1.08 bits per heavy atom. The predicted octanol–water partition coefficient (Wildman–Crippen LogP) is 4.54. The number of likely N-dealkylation sites (tertiary alicyclic amines) is 1. The molecule has 1 aliphatic heterocycles. The summed E-state index contributed by atoms with van der Waals surface area (Å²) < 4.78 is 11.3. The Morgan fingerprint density at radius 2 is 1.83 bits per heavy atom. The Labute approximate surface area is 223 Å². The predicted molar refractivity (Wildman–Crippen MR) is 143 cm³/mol. The summed E-state index contributed by atoms with van der Waals surface area (Å²) in [6.45, 7) is 3.68. The number of nitrogens with zero attached hydrogens (tertiary/aromatic N) is 2. The van der Waals surface area contributed by atoms with Crippen molar-refractivity contribution in [2.75, 3.05) is 54.0 Å². The van der Waals surface area contributed by atoms with E-state index in [1.807, 2.05) is 6.07 Å². The van der Waals surface area contributed by atoms with Gasteiger partial charge in [0.2, 0.25) is 5.91 Å². The quantitative estimate of drug-likeness (QED) is 0.457. The molecule has 1 saturated heterocycles. The van der Waals surface area contributed by atoms with Crippen LogP contribution in [0.2, 0.25) is 10.0 Å². The minimum atomic E-state index is -0.137. The van der Waals surface area contributed by atoms with Crippen LogP contribution < -0.4 is 14.8 Å². The number of rotatable bonds is 11. The maximum Gasteiger partial charge on any atom is 0.251 e. The Hall–Kier alpha value is -2.48. The fraction of sp³-hybridized carbons (Fsp3) is 0.481. The molecule has 196 valence electrons. The summed E-state index contributed by atoms with van der Waals surface area (Å²) in [5.74, 6) is 1.51. The highest BCUT2D eigenvalue weighted by atomic mass is 35.5. The van der Waals surface area contributed by atoms with Gasteiger partial charge in [-0.3, -0.25) is 9.59 Å². The van der Waals surface area contributed by atoms with E-state index in [-0.39, 0.29) is 11.8 Å². The van der Waals surface area contributed by atoms with Crippen LogP contribution in [0.15, 0.2) is 36.4 Å². The summed E-state index contributed by atoms with van der Waals surface area (Å²) >= 11 is 12.2. The number of nitrogens with one attached hydrogen (secondary N) is 1. The van der Waals surface area contributed by atoms with Crippen molar-refractivity contribution in [1.82, 2.24) is 15.1 Å². The van der Waals surface area contributed by atoms with Crippen LogP contribution in [0.5, 0.6) is 11.5 Å². The van der Waals surface area contributed by atoms with E-state index < -0.39 is 0 Å². The van der Waals surface area contributed by atoms with Crippen LogP contribution in [-0.4, -0.2) is 75.6 Å². The van der Waals surface area contributed by atoms with Gasteiger partial charge in [-0.15, -0.1) is 0 Å². The first-order valence-electron chi connectivity index (χ1n) is 12.2. The van der Waals surface area contributed by atoms with E-state index in [9.17, 15) is 9.59 Å². The van der Waals surface area contributed by atoms with E-state index in [1.54, 1.807) is 56.4 Å². The maximum absolute atomic E-state index is 12.8. The molecule has 36 heavy (non-hydrogen) atoms. The molecule has 2 aromatic carbocycles. The number of halogens is 2. The van der Waals surface area contributed by atoms with E-state index >= 15 is 0 Å². The largest absolute Gasteiger partial charge is 0.493 e. The van der Waals surface area contributed by atoms with E-state index in [1.165, 1.54) is 0 Å². The molecule has 1 aliphatic rings. The second-order valence-corrected chi connectivity index (χ2v) is 10.1. The summed E-state index contributed by atoms with van der Waals surface area (Å²) in [5.41, 5.74) is 1.46. The van der Waals surface area contributed by atoms with Gasteiger partial charge in [0.25, 0.3) is 5.91 Å². The molecule has 0 saturated carbocycles. The fourth-order valence-electron chi connectivity index (χ4n) is 4.16. The van der Waals surface area contributed by atoms with Crippen LogP contribution in [0.4, 0.5) is 0 Å². The number of ether oxygens (including phenoxy) is 2. The molecule has 0 unspecified atom stereocenters. The summed E-state index contributed by atoms with van der Waals surface area (Å²) in [6.07, 6.45) is 3.14. The normalized spacial score (nSPS) is 14.4. The van der Waals surface area contributed by atoms with Gasteiger partial charge >= 0.3 is 0 Å². The third kappa shape index (κ3) is 8.29. The zero-order valence-corrected chi connectivity index (χ0v) is 22.7. The number of methoxy groups -OCH3 is 1.